The first-order valence-corrected chi connectivity index (χ1v) is 9.47. The summed E-state index contributed by atoms with van der Waals surface area (Å²) in [5.41, 5.74) is -0.133. The number of hydrogen-bond acceptors (Lipinski definition) is 4. The summed E-state index contributed by atoms with van der Waals surface area (Å²) in [6, 6.07) is 4.62. The predicted molar refractivity (Wildman–Crippen MR) is 95.3 cm³/mol. The zero-order valence-electron chi connectivity index (χ0n) is 15.4. The lowest BCUT2D eigenvalue weighted by atomic mass is 10.1. The molecule has 0 radical (unpaired) electrons. The van der Waals surface area contributed by atoms with E-state index in [-0.39, 0.29) is 18.4 Å². The summed E-state index contributed by atoms with van der Waals surface area (Å²) < 4.78 is 40.0. The lowest BCUT2D eigenvalue weighted by Crippen LogP contribution is -2.47. The average Bonchev–Trinajstić information content (AvgIpc) is 3.33. The smallest absolute Gasteiger partial charge is 0.329 e. The molecule has 1 fully saturated rings. The first-order valence-electron chi connectivity index (χ1n) is 9.47. The highest BCUT2D eigenvalue weighted by atomic mass is 19.4. The number of carbonyl (C=O) groups is 1. The van der Waals surface area contributed by atoms with E-state index in [1.54, 1.807) is 4.90 Å². The maximum absolute atomic E-state index is 13.0. The number of likely N-dealkylation sites (tertiary alicyclic amines) is 1. The zero-order chi connectivity index (χ0) is 19.7. The molecule has 4 rings (SSSR count). The third-order valence-corrected chi connectivity index (χ3v) is 5.46. The molecule has 1 amide bonds. The summed E-state index contributed by atoms with van der Waals surface area (Å²) in [7, 11) is 0. The molecule has 1 atom stereocenters. The Morgan fingerprint density at radius 2 is 1.79 bits per heavy atom. The fourth-order valence-electron chi connectivity index (χ4n) is 3.98. The van der Waals surface area contributed by atoms with E-state index < -0.39 is 11.7 Å². The van der Waals surface area contributed by atoms with Gasteiger partial charge in [0.25, 0.3) is 0 Å². The number of halogens is 3. The van der Waals surface area contributed by atoms with E-state index in [1.807, 2.05) is 4.68 Å². The minimum atomic E-state index is -4.37. The third-order valence-electron chi connectivity index (χ3n) is 5.46. The molecule has 1 unspecified atom stereocenters. The quantitative estimate of drug-likeness (QED) is 0.801. The molecule has 0 spiro atoms. The Morgan fingerprint density at radius 1 is 1.07 bits per heavy atom. The molecule has 0 N–H and O–H groups in total. The Kier molecular flexibility index (Phi) is 5.09. The number of hydrogen-bond donors (Lipinski definition) is 0. The van der Waals surface area contributed by atoms with Crippen LogP contribution in [-0.2, 0) is 23.9 Å². The van der Waals surface area contributed by atoms with Crippen molar-refractivity contribution in [2.24, 2.45) is 0 Å². The van der Waals surface area contributed by atoms with E-state index in [9.17, 15) is 18.0 Å². The predicted octanol–water partition coefficient (Wildman–Crippen LogP) is 2.52. The highest BCUT2D eigenvalue weighted by Gasteiger charge is 2.35. The van der Waals surface area contributed by atoms with Gasteiger partial charge in [-0.2, -0.15) is 18.3 Å². The monoisotopic (exact) mass is 393 g/mol. The van der Waals surface area contributed by atoms with Crippen molar-refractivity contribution in [1.29, 1.82) is 0 Å². The van der Waals surface area contributed by atoms with Gasteiger partial charge in [-0.3, -0.25) is 4.79 Å². The molecule has 150 valence electrons. The highest BCUT2D eigenvalue weighted by molar-refractivity contribution is 5.79. The number of benzene rings is 1. The number of alkyl halides is 3. The molecule has 6 nitrogen and oxygen atoms in total. The fourth-order valence-corrected chi connectivity index (χ4v) is 3.98. The number of fused-ring (bicyclic) bond motifs is 1. The molecule has 3 heterocycles. The van der Waals surface area contributed by atoms with E-state index in [2.05, 4.69) is 15.0 Å². The Hall–Kier alpha value is -2.42. The SMILES string of the molecule is O=C(Cc1ccc(C(F)(F)F)cc1)N1CCn2ncnc2C1CN1CCCC1. The summed E-state index contributed by atoms with van der Waals surface area (Å²) in [4.78, 5) is 21.5. The second-order valence-corrected chi connectivity index (χ2v) is 7.32. The van der Waals surface area contributed by atoms with Gasteiger partial charge in [-0.05, 0) is 43.6 Å². The van der Waals surface area contributed by atoms with Gasteiger partial charge in [-0.15, -0.1) is 0 Å². The molecule has 2 aliphatic rings. The van der Waals surface area contributed by atoms with Gasteiger partial charge in [0.15, 0.2) is 5.82 Å². The summed E-state index contributed by atoms with van der Waals surface area (Å²) >= 11 is 0. The summed E-state index contributed by atoms with van der Waals surface area (Å²) in [6.45, 7) is 3.81. The van der Waals surface area contributed by atoms with E-state index >= 15 is 0 Å². The molecular weight excluding hydrogens is 371 g/mol. The third kappa shape index (κ3) is 3.89. The van der Waals surface area contributed by atoms with Gasteiger partial charge < -0.3 is 9.80 Å². The van der Waals surface area contributed by atoms with Gasteiger partial charge >= 0.3 is 6.18 Å². The van der Waals surface area contributed by atoms with Crippen LogP contribution in [0.25, 0.3) is 0 Å². The molecule has 2 aliphatic heterocycles. The molecule has 1 aromatic carbocycles. The van der Waals surface area contributed by atoms with Crippen molar-refractivity contribution in [3.05, 3.63) is 47.5 Å². The van der Waals surface area contributed by atoms with E-state index in [0.29, 0.717) is 25.2 Å². The standard InChI is InChI=1S/C19H22F3N5O/c20-19(21,22)15-5-3-14(4-6-15)11-17(28)26-9-10-27-18(23-13-24-27)16(26)12-25-7-1-2-8-25/h3-6,13,16H,1-2,7-12H2. The lowest BCUT2D eigenvalue weighted by Gasteiger charge is -2.37. The number of amides is 1. The van der Waals surface area contributed by atoms with Crippen LogP contribution < -0.4 is 0 Å². The molecule has 1 saturated heterocycles. The van der Waals surface area contributed by atoms with E-state index in [4.69, 9.17) is 0 Å². The molecule has 0 bridgehead atoms. The molecule has 0 aliphatic carbocycles. The van der Waals surface area contributed by atoms with Crippen LogP contribution in [0.5, 0.6) is 0 Å². The fraction of sp³-hybridized carbons (Fsp3) is 0.526. The second-order valence-electron chi connectivity index (χ2n) is 7.32. The van der Waals surface area contributed by atoms with Crippen molar-refractivity contribution in [2.45, 2.75) is 38.0 Å². The Balaban J connectivity index is 1.50. The van der Waals surface area contributed by atoms with Crippen molar-refractivity contribution in [1.82, 2.24) is 24.6 Å². The molecule has 9 heteroatoms. The van der Waals surface area contributed by atoms with Gasteiger partial charge in [0, 0.05) is 13.1 Å². The Morgan fingerprint density at radius 3 is 2.46 bits per heavy atom. The number of rotatable bonds is 4. The number of carbonyl (C=O) groups excluding carboxylic acids is 1. The summed E-state index contributed by atoms with van der Waals surface area (Å²) in [5, 5.41) is 4.23. The maximum Gasteiger partial charge on any atom is 0.416 e. The van der Waals surface area contributed by atoms with Crippen LogP contribution in [0.3, 0.4) is 0 Å². The largest absolute Gasteiger partial charge is 0.416 e. The first-order chi connectivity index (χ1) is 13.4. The average molecular weight is 393 g/mol. The van der Waals surface area contributed by atoms with Gasteiger partial charge in [-0.25, -0.2) is 9.67 Å². The van der Waals surface area contributed by atoms with Crippen LogP contribution in [0.15, 0.2) is 30.6 Å². The normalized spacial score (nSPS) is 20.4. The summed E-state index contributed by atoms with van der Waals surface area (Å²) in [6.07, 6.45) is -0.489. The highest BCUT2D eigenvalue weighted by Crippen LogP contribution is 2.30. The molecule has 0 saturated carbocycles. The van der Waals surface area contributed by atoms with Crippen LogP contribution in [0.1, 0.15) is 35.8 Å². The molecular formula is C19H22F3N5O. The number of aromatic nitrogens is 3. The van der Waals surface area contributed by atoms with Crippen molar-refractivity contribution in [2.75, 3.05) is 26.2 Å². The van der Waals surface area contributed by atoms with Crippen molar-refractivity contribution < 1.29 is 18.0 Å². The zero-order valence-corrected chi connectivity index (χ0v) is 15.4. The van der Waals surface area contributed by atoms with Crippen LogP contribution in [0, 0.1) is 0 Å². The van der Waals surface area contributed by atoms with Gasteiger partial charge in [0.05, 0.1) is 18.5 Å². The van der Waals surface area contributed by atoms with Crippen LogP contribution in [-0.4, -0.2) is 56.7 Å². The van der Waals surface area contributed by atoms with Crippen LogP contribution in [0.4, 0.5) is 13.2 Å². The maximum atomic E-state index is 13.0. The molecule has 2 aromatic rings. The summed E-state index contributed by atoms with van der Waals surface area (Å²) in [5.74, 6) is 0.678. The minimum absolute atomic E-state index is 0.0722. The Bertz CT molecular complexity index is 827. The van der Waals surface area contributed by atoms with Crippen molar-refractivity contribution in [3.8, 4) is 0 Å². The lowest BCUT2D eigenvalue weighted by molar-refractivity contribution is -0.137. The Labute approximate surface area is 160 Å². The topological polar surface area (TPSA) is 54.3 Å². The van der Waals surface area contributed by atoms with Gasteiger partial charge in [0.1, 0.15) is 12.4 Å². The van der Waals surface area contributed by atoms with Gasteiger partial charge in [-0.1, -0.05) is 12.1 Å². The first kappa shape index (κ1) is 18.9. The van der Waals surface area contributed by atoms with Crippen molar-refractivity contribution >= 4 is 5.91 Å². The van der Waals surface area contributed by atoms with E-state index in [1.165, 1.54) is 18.5 Å². The van der Waals surface area contributed by atoms with Crippen LogP contribution in [0.2, 0.25) is 0 Å². The second kappa shape index (κ2) is 7.54. The number of nitrogens with zero attached hydrogens (tertiary/aromatic N) is 5. The van der Waals surface area contributed by atoms with E-state index in [0.717, 1.165) is 43.9 Å². The molecule has 1 aromatic heterocycles. The van der Waals surface area contributed by atoms with Crippen LogP contribution >= 0.6 is 0 Å². The molecule has 28 heavy (non-hydrogen) atoms. The van der Waals surface area contributed by atoms with Crippen molar-refractivity contribution in [3.63, 3.8) is 0 Å². The minimum Gasteiger partial charge on any atom is -0.329 e. The van der Waals surface area contributed by atoms with Gasteiger partial charge in [0.2, 0.25) is 5.91 Å².